The number of nitrogens with zero attached hydrogens (tertiary/aromatic N) is 2. The molecule has 0 aliphatic carbocycles. The van der Waals surface area contributed by atoms with Crippen LogP contribution in [0.15, 0.2) is 29.9 Å². The zero-order valence-corrected chi connectivity index (χ0v) is 11.9. The molecule has 2 aromatic heterocycles. The number of carbonyl (C=O) groups excluding carboxylic acids is 1. The van der Waals surface area contributed by atoms with Gasteiger partial charge >= 0.3 is 0 Å². The molecule has 0 fully saturated rings. The van der Waals surface area contributed by atoms with E-state index in [2.05, 4.69) is 34.5 Å². The molecule has 2 heterocycles. The number of rotatable bonds is 5. The molecule has 19 heavy (non-hydrogen) atoms. The summed E-state index contributed by atoms with van der Waals surface area (Å²) in [5, 5.41) is 6.02. The van der Waals surface area contributed by atoms with Crippen LogP contribution in [0.5, 0.6) is 0 Å². The highest BCUT2D eigenvalue weighted by molar-refractivity contribution is 7.09. The molecule has 0 aromatic carbocycles. The summed E-state index contributed by atoms with van der Waals surface area (Å²) in [6.07, 6.45) is 3.98. The van der Waals surface area contributed by atoms with Gasteiger partial charge in [-0.1, -0.05) is 13.8 Å². The van der Waals surface area contributed by atoms with Crippen molar-refractivity contribution in [1.82, 2.24) is 15.3 Å². The van der Waals surface area contributed by atoms with Gasteiger partial charge in [0.2, 0.25) is 0 Å². The first-order valence-corrected chi connectivity index (χ1v) is 7.17. The Labute approximate surface area is 116 Å². The maximum atomic E-state index is 11.8. The van der Waals surface area contributed by atoms with Crippen molar-refractivity contribution in [3.63, 3.8) is 0 Å². The maximum absolute atomic E-state index is 11.8. The Morgan fingerprint density at radius 2 is 2.32 bits per heavy atom. The number of nitrogens with one attached hydrogen (secondary N) is 1. The monoisotopic (exact) mass is 275 g/mol. The Morgan fingerprint density at radius 1 is 1.47 bits per heavy atom. The lowest BCUT2D eigenvalue weighted by molar-refractivity contribution is 0.0954. The first-order chi connectivity index (χ1) is 9.16. The van der Waals surface area contributed by atoms with E-state index >= 15 is 0 Å². The predicted molar refractivity (Wildman–Crippen MR) is 76.5 cm³/mol. The van der Waals surface area contributed by atoms with Crippen molar-refractivity contribution in [3.05, 3.63) is 46.2 Å². The van der Waals surface area contributed by atoms with Gasteiger partial charge in [0.25, 0.3) is 5.91 Å². The van der Waals surface area contributed by atoms with Crippen LogP contribution in [0.1, 0.15) is 40.8 Å². The molecule has 0 saturated heterocycles. The third-order valence-corrected chi connectivity index (χ3v) is 3.64. The summed E-state index contributed by atoms with van der Waals surface area (Å²) in [4.78, 5) is 20.2. The molecule has 0 spiro atoms. The molecule has 0 aliphatic heterocycles. The highest BCUT2D eigenvalue weighted by atomic mass is 32.1. The highest BCUT2D eigenvalue weighted by Crippen LogP contribution is 2.17. The molecule has 0 radical (unpaired) electrons. The van der Waals surface area contributed by atoms with Gasteiger partial charge in [-0.3, -0.25) is 9.78 Å². The van der Waals surface area contributed by atoms with E-state index < -0.39 is 0 Å². The molecular formula is C14H17N3OS. The lowest BCUT2D eigenvalue weighted by Gasteiger charge is -2.03. The molecule has 5 heteroatoms. The van der Waals surface area contributed by atoms with Crippen molar-refractivity contribution >= 4 is 17.2 Å². The van der Waals surface area contributed by atoms with E-state index in [9.17, 15) is 4.79 Å². The van der Waals surface area contributed by atoms with Gasteiger partial charge in [0.15, 0.2) is 0 Å². The third kappa shape index (κ3) is 3.86. The van der Waals surface area contributed by atoms with E-state index in [4.69, 9.17) is 0 Å². The van der Waals surface area contributed by atoms with Gasteiger partial charge in [-0.25, -0.2) is 4.98 Å². The number of hydrogen-bond donors (Lipinski definition) is 1. The Balaban J connectivity index is 1.81. The van der Waals surface area contributed by atoms with E-state index in [1.807, 2.05) is 0 Å². The van der Waals surface area contributed by atoms with E-state index in [0.717, 1.165) is 17.1 Å². The highest BCUT2D eigenvalue weighted by Gasteiger charge is 2.07. The van der Waals surface area contributed by atoms with Crippen molar-refractivity contribution in [2.45, 2.75) is 26.2 Å². The second-order valence-corrected chi connectivity index (χ2v) is 5.51. The van der Waals surface area contributed by atoms with Crippen LogP contribution in [-0.2, 0) is 6.42 Å². The summed E-state index contributed by atoms with van der Waals surface area (Å²) in [6, 6.07) is 3.51. The molecule has 0 aliphatic rings. The van der Waals surface area contributed by atoms with E-state index in [0.29, 0.717) is 18.0 Å². The largest absolute Gasteiger partial charge is 0.352 e. The molecule has 2 rings (SSSR count). The summed E-state index contributed by atoms with van der Waals surface area (Å²) in [7, 11) is 0. The predicted octanol–water partition coefficient (Wildman–Crippen LogP) is 2.63. The smallest absolute Gasteiger partial charge is 0.252 e. The first-order valence-electron chi connectivity index (χ1n) is 6.29. The zero-order chi connectivity index (χ0) is 13.7. The molecule has 2 aromatic rings. The summed E-state index contributed by atoms with van der Waals surface area (Å²) in [5.74, 6) is 0.365. The summed E-state index contributed by atoms with van der Waals surface area (Å²) in [5.41, 5.74) is 1.71. The number of hydrogen-bond acceptors (Lipinski definition) is 4. The average molecular weight is 275 g/mol. The Morgan fingerprint density at radius 3 is 2.95 bits per heavy atom. The number of pyridine rings is 1. The van der Waals surface area contributed by atoms with Crippen LogP contribution >= 0.6 is 11.3 Å². The maximum Gasteiger partial charge on any atom is 0.252 e. The summed E-state index contributed by atoms with van der Waals surface area (Å²) < 4.78 is 0. The van der Waals surface area contributed by atoms with Crippen molar-refractivity contribution < 1.29 is 4.79 Å². The standard InChI is InChI=1S/C14H17N3OS/c1-10(2)12-9-19-13(17-12)5-7-16-14(18)11-4-3-6-15-8-11/h3-4,6,8-10H,5,7H2,1-2H3,(H,16,18). The van der Waals surface area contributed by atoms with Gasteiger partial charge in [0, 0.05) is 30.7 Å². The second-order valence-electron chi connectivity index (χ2n) is 4.57. The Bertz CT molecular complexity index is 537. The van der Waals surface area contributed by atoms with Crippen molar-refractivity contribution in [3.8, 4) is 0 Å². The average Bonchev–Trinajstić information content (AvgIpc) is 2.89. The van der Waals surface area contributed by atoms with Gasteiger partial charge in [-0.15, -0.1) is 11.3 Å². The summed E-state index contributed by atoms with van der Waals surface area (Å²) in [6.45, 7) is 4.85. The van der Waals surface area contributed by atoms with Gasteiger partial charge in [0.1, 0.15) is 0 Å². The molecule has 1 N–H and O–H groups in total. The lowest BCUT2D eigenvalue weighted by atomic mass is 10.2. The fourth-order valence-corrected chi connectivity index (χ4v) is 2.55. The Hall–Kier alpha value is -1.75. The van der Waals surface area contributed by atoms with Gasteiger partial charge in [-0.2, -0.15) is 0 Å². The van der Waals surface area contributed by atoms with Crippen LogP contribution in [0.25, 0.3) is 0 Å². The minimum absolute atomic E-state index is 0.0891. The van der Waals surface area contributed by atoms with Crippen molar-refractivity contribution in [2.24, 2.45) is 0 Å². The SMILES string of the molecule is CC(C)c1csc(CCNC(=O)c2cccnc2)n1. The van der Waals surface area contributed by atoms with Gasteiger partial charge in [0.05, 0.1) is 16.3 Å². The molecule has 0 atom stereocenters. The molecule has 0 unspecified atom stereocenters. The normalized spacial score (nSPS) is 10.7. The Kier molecular flexibility index (Phi) is 4.63. The van der Waals surface area contributed by atoms with Crippen molar-refractivity contribution in [2.75, 3.05) is 6.54 Å². The zero-order valence-electron chi connectivity index (χ0n) is 11.1. The van der Waals surface area contributed by atoms with E-state index in [-0.39, 0.29) is 5.91 Å². The number of carbonyl (C=O) groups is 1. The summed E-state index contributed by atoms with van der Waals surface area (Å²) >= 11 is 1.65. The lowest BCUT2D eigenvalue weighted by Crippen LogP contribution is -2.25. The van der Waals surface area contributed by atoms with Crippen LogP contribution in [0, 0.1) is 0 Å². The molecule has 100 valence electrons. The molecular weight excluding hydrogens is 258 g/mol. The molecule has 4 nitrogen and oxygen atoms in total. The van der Waals surface area contributed by atoms with Gasteiger partial charge < -0.3 is 5.32 Å². The quantitative estimate of drug-likeness (QED) is 0.912. The van der Waals surface area contributed by atoms with E-state index in [1.54, 1.807) is 35.9 Å². The fourth-order valence-electron chi connectivity index (χ4n) is 1.59. The molecule has 1 amide bonds. The van der Waals surface area contributed by atoms with Crippen LogP contribution in [0.3, 0.4) is 0 Å². The third-order valence-electron chi connectivity index (χ3n) is 2.71. The van der Waals surface area contributed by atoms with Crippen LogP contribution < -0.4 is 5.32 Å². The number of amides is 1. The number of aromatic nitrogens is 2. The minimum atomic E-state index is -0.0891. The van der Waals surface area contributed by atoms with Crippen LogP contribution in [0.2, 0.25) is 0 Å². The second kappa shape index (κ2) is 6.43. The minimum Gasteiger partial charge on any atom is -0.352 e. The molecule has 0 saturated carbocycles. The van der Waals surface area contributed by atoms with E-state index in [1.165, 1.54) is 0 Å². The van der Waals surface area contributed by atoms with Gasteiger partial charge in [-0.05, 0) is 18.1 Å². The van der Waals surface area contributed by atoms with Crippen LogP contribution in [-0.4, -0.2) is 22.4 Å². The van der Waals surface area contributed by atoms with Crippen LogP contribution in [0.4, 0.5) is 0 Å². The first kappa shape index (κ1) is 13.7. The molecule has 0 bridgehead atoms. The van der Waals surface area contributed by atoms with Crippen molar-refractivity contribution in [1.29, 1.82) is 0 Å². The topological polar surface area (TPSA) is 54.9 Å². The number of thiazole rings is 1. The fraction of sp³-hybridized carbons (Fsp3) is 0.357.